The van der Waals surface area contributed by atoms with Crippen molar-refractivity contribution in [3.63, 3.8) is 0 Å². The molecule has 4 heteroatoms. The quantitative estimate of drug-likeness (QED) is 0.538. The van der Waals surface area contributed by atoms with Crippen molar-refractivity contribution >= 4 is 5.91 Å². The number of nitrogens with two attached hydrogens (primary N) is 1. The summed E-state index contributed by atoms with van der Waals surface area (Å²) >= 11 is 0. The van der Waals surface area contributed by atoms with E-state index in [-0.39, 0.29) is 12.0 Å². The van der Waals surface area contributed by atoms with Gasteiger partial charge in [0.1, 0.15) is 0 Å². The van der Waals surface area contributed by atoms with Gasteiger partial charge in [-0.1, -0.05) is 18.2 Å². The van der Waals surface area contributed by atoms with Gasteiger partial charge in [0.2, 0.25) is 5.91 Å². The Balaban J connectivity index is 2.45. The van der Waals surface area contributed by atoms with Crippen molar-refractivity contribution in [3.05, 3.63) is 24.3 Å². The molecule has 1 rings (SSSR count). The largest absolute Gasteiger partial charge is 0.373 e. The van der Waals surface area contributed by atoms with Gasteiger partial charge in [-0.2, -0.15) is 0 Å². The molecule has 1 amide bonds. The number of carbonyl (C=O) groups excluding carboxylic acids is 1. The van der Waals surface area contributed by atoms with Gasteiger partial charge in [0.25, 0.3) is 0 Å². The first kappa shape index (κ1) is 11.9. The molecule has 4 nitrogen and oxygen atoms in total. The average Bonchev–Trinajstić information content (AvgIpc) is 2.29. The lowest BCUT2D eigenvalue weighted by Crippen LogP contribution is -2.47. The highest BCUT2D eigenvalue weighted by Gasteiger charge is 2.21. The van der Waals surface area contributed by atoms with Gasteiger partial charge in [-0.25, -0.2) is 0 Å². The zero-order valence-corrected chi connectivity index (χ0v) is 9.06. The molecule has 1 fully saturated rings. The van der Waals surface area contributed by atoms with E-state index in [1.54, 1.807) is 17.1 Å². The van der Waals surface area contributed by atoms with Crippen LogP contribution in [0.5, 0.6) is 0 Å². The van der Waals surface area contributed by atoms with Gasteiger partial charge in [-0.3, -0.25) is 4.79 Å². The van der Waals surface area contributed by atoms with E-state index in [0.29, 0.717) is 26.2 Å². The van der Waals surface area contributed by atoms with Gasteiger partial charge in [-0.15, -0.1) is 0 Å². The zero-order chi connectivity index (χ0) is 11.1. The van der Waals surface area contributed by atoms with Gasteiger partial charge >= 0.3 is 0 Å². The van der Waals surface area contributed by atoms with Gasteiger partial charge in [0.05, 0.1) is 12.7 Å². The van der Waals surface area contributed by atoms with Crippen molar-refractivity contribution in [2.45, 2.75) is 13.0 Å². The summed E-state index contributed by atoms with van der Waals surface area (Å²) in [6.45, 7) is 4.19. The summed E-state index contributed by atoms with van der Waals surface area (Å²) in [5.41, 5.74) is 5.50. The molecule has 0 aromatic rings. The molecular formula is C11H18N2O2. The fourth-order valence-electron chi connectivity index (χ4n) is 1.42. The number of allylic oxidation sites excluding steroid dienone is 3. The molecule has 84 valence electrons. The lowest BCUT2D eigenvalue weighted by molar-refractivity contribution is -0.133. The predicted octanol–water partition coefficient (Wildman–Crippen LogP) is 0.305. The first-order chi connectivity index (χ1) is 7.27. The van der Waals surface area contributed by atoms with Crippen LogP contribution in [0.15, 0.2) is 24.3 Å². The molecule has 1 aliphatic heterocycles. The summed E-state index contributed by atoms with van der Waals surface area (Å²) in [5, 5.41) is 0. The fourth-order valence-corrected chi connectivity index (χ4v) is 1.42. The molecule has 0 aliphatic carbocycles. The minimum atomic E-state index is -0.0159. The van der Waals surface area contributed by atoms with Gasteiger partial charge < -0.3 is 15.4 Å². The van der Waals surface area contributed by atoms with Crippen molar-refractivity contribution < 1.29 is 9.53 Å². The molecule has 1 heterocycles. The molecule has 1 unspecified atom stereocenters. The summed E-state index contributed by atoms with van der Waals surface area (Å²) in [4.78, 5) is 13.4. The van der Waals surface area contributed by atoms with Crippen LogP contribution in [0.1, 0.15) is 6.92 Å². The Labute approximate surface area is 90.4 Å². The number of nitrogens with zero attached hydrogens (tertiary/aromatic N) is 1. The Kier molecular flexibility index (Phi) is 5.07. The monoisotopic (exact) mass is 210 g/mol. The Bertz CT molecular complexity index is 261. The predicted molar refractivity (Wildman–Crippen MR) is 59.3 cm³/mol. The molecule has 15 heavy (non-hydrogen) atoms. The van der Waals surface area contributed by atoms with Crippen LogP contribution in [0.2, 0.25) is 0 Å². The first-order valence-corrected chi connectivity index (χ1v) is 5.18. The van der Waals surface area contributed by atoms with Crippen LogP contribution in [0.4, 0.5) is 0 Å². The summed E-state index contributed by atoms with van der Waals surface area (Å²) in [6.07, 6.45) is 7.01. The second kappa shape index (κ2) is 6.37. The maximum Gasteiger partial charge on any atom is 0.246 e. The summed E-state index contributed by atoms with van der Waals surface area (Å²) < 4.78 is 5.38. The minimum absolute atomic E-state index is 0.0159. The lowest BCUT2D eigenvalue weighted by Gasteiger charge is -2.31. The van der Waals surface area contributed by atoms with Crippen LogP contribution in [-0.4, -0.2) is 43.2 Å². The van der Waals surface area contributed by atoms with Crippen molar-refractivity contribution in [3.8, 4) is 0 Å². The highest BCUT2D eigenvalue weighted by atomic mass is 16.5. The summed E-state index contributed by atoms with van der Waals surface area (Å²) in [5.74, 6) is 0.0230. The van der Waals surface area contributed by atoms with Crippen LogP contribution in [0, 0.1) is 0 Å². The third-order valence-corrected chi connectivity index (χ3v) is 2.26. The lowest BCUT2D eigenvalue weighted by atomic mass is 10.2. The minimum Gasteiger partial charge on any atom is -0.373 e. The molecule has 1 atom stereocenters. The topological polar surface area (TPSA) is 55.6 Å². The number of amides is 1. The molecule has 0 radical (unpaired) electrons. The summed E-state index contributed by atoms with van der Waals surface area (Å²) in [6, 6.07) is 0. The maximum atomic E-state index is 11.6. The molecule has 2 N–H and O–H groups in total. The number of rotatable bonds is 3. The van der Waals surface area contributed by atoms with Crippen molar-refractivity contribution in [1.82, 2.24) is 4.90 Å². The van der Waals surface area contributed by atoms with E-state index in [4.69, 9.17) is 10.5 Å². The van der Waals surface area contributed by atoms with E-state index >= 15 is 0 Å². The van der Waals surface area contributed by atoms with Gasteiger partial charge in [0.15, 0.2) is 0 Å². The number of carbonyl (C=O) groups is 1. The smallest absolute Gasteiger partial charge is 0.246 e. The Morgan fingerprint density at radius 1 is 1.60 bits per heavy atom. The van der Waals surface area contributed by atoms with Gasteiger partial charge in [-0.05, 0) is 6.92 Å². The van der Waals surface area contributed by atoms with Gasteiger partial charge in [0, 0.05) is 25.7 Å². The number of hydrogen-bond acceptors (Lipinski definition) is 3. The third-order valence-electron chi connectivity index (χ3n) is 2.26. The third kappa shape index (κ3) is 3.85. The SMILES string of the molecule is C/C=C/C=C/C(=O)N1CCOC(CN)C1. The molecule has 0 aromatic carbocycles. The maximum absolute atomic E-state index is 11.6. The van der Waals surface area contributed by atoms with Crippen LogP contribution in [-0.2, 0) is 9.53 Å². The van der Waals surface area contributed by atoms with E-state index in [2.05, 4.69) is 0 Å². The van der Waals surface area contributed by atoms with Crippen molar-refractivity contribution in [2.24, 2.45) is 5.73 Å². The van der Waals surface area contributed by atoms with E-state index in [1.807, 2.05) is 19.1 Å². The Morgan fingerprint density at radius 3 is 3.07 bits per heavy atom. The number of hydrogen-bond donors (Lipinski definition) is 1. The van der Waals surface area contributed by atoms with E-state index in [0.717, 1.165) is 0 Å². The molecule has 0 aromatic heterocycles. The van der Waals surface area contributed by atoms with Crippen molar-refractivity contribution in [1.29, 1.82) is 0 Å². The fraction of sp³-hybridized carbons (Fsp3) is 0.545. The second-order valence-corrected chi connectivity index (χ2v) is 3.40. The Hall–Kier alpha value is -1.13. The van der Waals surface area contributed by atoms with Crippen LogP contribution >= 0.6 is 0 Å². The standard InChI is InChI=1S/C11H18N2O2/c1-2-3-4-5-11(14)13-6-7-15-10(8-12)9-13/h2-5,10H,6-9,12H2,1H3/b3-2+,5-4+. The molecule has 1 saturated heterocycles. The molecule has 0 spiro atoms. The first-order valence-electron chi connectivity index (χ1n) is 5.18. The molecule has 1 aliphatic rings. The molecule has 0 bridgehead atoms. The zero-order valence-electron chi connectivity index (χ0n) is 9.06. The summed E-state index contributed by atoms with van der Waals surface area (Å²) in [7, 11) is 0. The molecular weight excluding hydrogens is 192 g/mol. The van der Waals surface area contributed by atoms with E-state index in [9.17, 15) is 4.79 Å². The van der Waals surface area contributed by atoms with Crippen LogP contribution in [0.3, 0.4) is 0 Å². The van der Waals surface area contributed by atoms with Crippen LogP contribution < -0.4 is 5.73 Å². The van der Waals surface area contributed by atoms with E-state index < -0.39 is 0 Å². The number of morpholine rings is 1. The highest BCUT2D eigenvalue weighted by molar-refractivity contribution is 5.87. The van der Waals surface area contributed by atoms with Crippen molar-refractivity contribution in [2.75, 3.05) is 26.2 Å². The number of ether oxygens (including phenoxy) is 1. The van der Waals surface area contributed by atoms with E-state index in [1.165, 1.54) is 0 Å². The average molecular weight is 210 g/mol. The van der Waals surface area contributed by atoms with Crippen LogP contribution in [0.25, 0.3) is 0 Å². The molecule has 0 saturated carbocycles. The second-order valence-electron chi connectivity index (χ2n) is 3.40. The highest BCUT2D eigenvalue weighted by Crippen LogP contribution is 2.04. The Morgan fingerprint density at radius 2 is 2.40 bits per heavy atom. The normalized spacial score (nSPS) is 22.8.